The number of halogens is 1. The summed E-state index contributed by atoms with van der Waals surface area (Å²) in [6.45, 7) is 2.45. The summed E-state index contributed by atoms with van der Waals surface area (Å²) in [5, 5.41) is 0.808. The third-order valence-electron chi connectivity index (χ3n) is 4.58. The SMILES string of the molecule is N[C@@H]1CN(Cc2cc3cc(F)ccc3o2)C[C@H]1c1ccccc1. The standard InChI is InChI=1S/C19H19FN2O/c20-15-6-7-19-14(8-15)9-16(23-19)10-22-11-17(18(21)12-22)13-4-2-1-3-5-13/h1-9,17-18H,10-12,21H2/t17-,18+/m0/s1. The van der Waals surface area contributed by atoms with Crippen LogP contribution in [0.4, 0.5) is 4.39 Å². The van der Waals surface area contributed by atoms with Crippen LogP contribution in [0.3, 0.4) is 0 Å². The van der Waals surface area contributed by atoms with E-state index in [1.54, 1.807) is 6.07 Å². The fourth-order valence-corrected chi connectivity index (χ4v) is 3.46. The summed E-state index contributed by atoms with van der Waals surface area (Å²) < 4.78 is 19.1. The van der Waals surface area contributed by atoms with Crippen molar-refractivity contribution in [2.24, 2.45) is 5.73 Å². The number of nitrogens with two attached hydrogens (primary N) is 1. The molecule has 4 rings (SSSR count). The van der Waals surface area contributed by atoms with Gasteiger partial charge >= 0.3 is 0 Å². The number of hydrogen-bond donors (Lipinski definition) is 1. The predicted octanol–water partition coefficient (Wildman–Crippen LogP) is 3.50. The van der Waals surface area contributed by atoms with E-state index in [1.807, 2.05) is 12.1 Å². The van der Waals surface area contributed by atoms with Crippen LogP contribution in [-0.4, -0.2) is 24.0 Å². The molecule has 118 valence electrons. The highest BCUT2D eigenvalue weighted by atomic mass is 19.1. The summed E-state index contributed by atoms with van der Waals surface area (Å²) in [6, 6.07) is 17.1. The maximum atomic E-state index is 13.3. The number of furan rings is 1. The van der Waals surface area contributed by atoms with Crippen LogP contribution >= 0.6 is 0 Å². The Morgan fingerprint density at radius 1 is 1.09 bits per heavy atom. The van der Waals surface area contributed by atoms with E-state index in [1.165, 1.54) is 17.7 Å². The molecular formula is C19H19FN2O. The smallest absolute Gasteiger partial charge is 0.134 e. The number of hydrogen-bond acceptors (Lipinski definition) is 3. The van der Waals surface area contributed by atoms with Crippen molar-refractivity contribution in [1.29, 1.82) is 0 Å². The summed E-state index contributed by atoms with van der Waals surface area (Å²) in [6.07, 6.45) is 0. The van der Waals surface area contributed by atoms with Gasteiger partial charge in [-0.05, 0) is 29.8 Å². The Morgan fingerprint density at radius 2 is 1.91 bits per heavy atom. The third kappa shape index (κ3) is 2.87. The summed E-state index contributed by atoms with van der Waals surface area (Å²) >= 11 is 0. The van der Waals surface area contributed by atoms with E-state index in [0.717, 1.165) is 29.8 Å². The summed E-state index contributed by atoms with van der Waals surface area (Å²) in [5.41, 5.74) is 8.34. The lowest BCUT2D eigenvalue weighted by molar-refractivity contribution is 0.296. The zero-order valence-corrected chi connectivity index (χ0v) is 12.8. The Bertz CT molecular complexity index is 815. The second-order valence-electron chi connectivity index (χ2n) is 6.27. The average Bonchev–Trinajstić information content (AvgIpc) is 3.10. The normalized spacial score (nSPS) is 22.0. The van der Waals surface area contributed by atoms with Gasteiger partial charge in [0.1, 0.15) is 17.2 Å². The van der Waals surface area contributed by atoms with Crippen molar-refractivity contribution in [3.8, 4) is 0 Å². The predicted molar refractivity (Wildman–Crippen MR) is 88.6 cm³/mol. The van der Waals surface area contributed by atoms with Gasteiger partial charge in [-0.25, -0.2) is 4.39 Å². The van der Waals surface area contributed by atoms with Gasteiger partial charge in [-0.15, -0.1) is 0 Å². The van der Waals surface area contributed by atoms with Crippen LogP contribution in [0.15, 0.2) is 59.0 Å². The van der Waals surface area contributed by atoms with Crippen molar-refractivity contribution < 1.29 is 8.81 Å². The maximum Gasteiger partial charge on any atom is 0.134 e. The Kier molecular flexibility index (Phi) is 3.63. The highest BCUT2D eigenvalue weighted by Crippen LogP contribution is 2.28. The zero-order valence-electron chi connectivity index (χ0n) is 12.8. The molecule has 0 saturated carbocycles. The van der Waals surface area contributed by atoms with Crippen molar-refractivity contribution in [2.45, 2.75) is 18.5 Å². The Labute approximate surface area is 134 Å². The van der Waals surface area contributed by atoms with Crippen LogP contribution in [0, 0.1) is 5.82 Å². The van der Waals surface area contributed by atoms with Crippen molar-refractivity contribution in [3.05, 3.63) is 71.7 Å². The first-order valence-electron chi connectivity index (χ1n) is 7.90. The molecule has 0 unspecified atom stereocenters. The number of nitrogens with zero attached hydrogens (tertiary/aromatic N) is 1. The molecular weight excluding hydrogens is 291 g/mol. The van der Waals surface area contributed by atoms with Gasteiger partial charge in [0.05, 0.1) is 6.54 Å². The first-order chi connectivity index (χ1) is 11.2. The zero-order chi connectivity index (χ0) is 15.8. The second-order valence-corrected chi connectivity index (χ2v) is 6.27. The molecule has 4 heteroatoms. The van der Waals surface area contributed by atoms with Gasteiger partial charge in [0.15, 0.2) is 0 Å². The second kappa shape index (κ2) is 5.80. The van der Waals surface area contributed by atoms with Crippen molar-refractivity contribution in [3.63, 3.8) is 0 Å². The molecule has 23 heavy (non-hydrogen) atoms. The fraction of sp³-hybridized carbons (Fsp3) is 0.263. The minimum absolute atomic E-state index is 0.124. The largest absolute Gasteiger partial charge is 0.460 e. The molecule has 0 spiro atoms. The first kappa shape index (κ1) is 14.4. The molecule has 1 aromatic heterocycles. The van der Waals surface area contributed by atoms with Crippen LogP contribution in [0.1, 0.15) is 17.2 Å². The van der Waals surface area contributed by atoms with Gasteiger partial charge in [-0.3, -0.25) is 4.90 Å². The molecule has 0 aliphatic carbocycles. The highest BCUT2D eigenvalue weighted by Gasteiger charge is 2.31. The number of rotatable bonds is 3. The Hall–Kier alpha value is -2.17. The van der Waals surface area contributed by atoms with Crippen molar-refractivity contribution in [1.82, 2.24) is 4.90 Å². The van der Waals surface area contributed by atoms with Gasteiger partial charge in [-0.2, -0.15) is 0 Å². The lowest BCUT2D eigenvalue weighted by atomic mass is 9.95. The van der Waals surface area contributed by atoms with Crippen molar-refractivity contribution >= 4 is 11.0 Å². The minimum Gasteiger partial charge on any atom is -0.460 e. The molecule has 2 aromatic carbocycles. The number of likely N-dealkylation sites (tertiary alicyclic amines) is 1. The van der Waals surface area contributed by atoms with Crippen LogP contribution in [-0.2, 0) is 6.54 Å². The van der Waals surface area contributed by atoms with E-state index < -0.39 is 0 Å². The monoisotopic (exact) mass is 310 g/mol. The first-order valence-corrected chi connectivity index (χ1v) is 7.90. The molecule has 3 nitrogen and oxygen atoms in total. The van der Waals surface area contributed by atoms with Gasteiger partial charge in [0, 0.05) is 30.4 Å². The van der Waals surface area contributed by atoms with E-state index in [9.17, 15) is 4.39 Å². The Balaban J connectivity index is 1.50. The minimum atomic E-state index is -0.239. The number of benzene rings is 2. The van der Waals surface area contributed by atoms with Gasteiger partial charge in [0.25, 0.3) is 0 Å². The van der Waals surface area contributed by atoms with Gasteiger partial charge < -0.3 is 10.2 Å². The van der Waals surface area contributed by atoms with Crippen LogP contribution in [0.5, 0.6) is 0 Å². The molecule has 2 N–H and O–H groups in total. The van der Waals surface area contributed by atoms with Gasteiger partial charge in [0.2, 0.25) is 0 Å². The molecule has 3 aromatic rings. The number of fused-ring (bicyclic) bond motifs is 1. The van der Waals surface area contributed by atoms with Crippen LogP contribution < -0.4 is 5.73 Å². The molecule has 1 saturated heterocycles. The summed E-state index contributed by atoms with van der Waals surface area (Å²) in [4.78, 5) is 2.30. The molecule has 2 atom stereocenters. The van der Waals surface area contributed by atoms with E-state index in [4.69, 9.17) is 10.2 Å². The molecule has 1 aliphatic heterocycles. The molecule has 0 radical (unpaired) electrons. The molecule has 1 fully saturated rings. The summed E-state index contributed by atoms with van der Waals surface area (Å²) in [5.74, 6) is 0.960. The lowest BCUT2D eigenvalue weighted by Crippen LogP contribution is -2.28. The third-order valence-corrected chi connectivity index (χ3v) is 4.58. The van der Waals surface area contributed by atoms with Crippen LogP contribution in [0.2, 0.25) is 0 Å². The van der Waals surface area contributed by atoms with E-state index in [2.05, 4.69) is 29.2 Å². The molecule has 0 bridgehead atoms. The average molecular weight is 310 g/mol. The molecule has 2 heterocycles. The van der Waals surface area contributed by atoms with E-state index in [-0.39, 0.29) is 11.9 Å². The molecule has 0 amide bonds. The topological polar surface area (TPSA) is 42.4 Å². The fourth-order valence-electron chi connectivity index (χ4n) is 3.46. The van der Waals surface area contributed by atoms with Crippen molar-refractivity contribution in [2.75, 3.05) is 13.1 Å². The lowest BCUT2D eigenvalue weighted by Gasteiger charge is -2.15. The maximum absolute atomic E-state index is 13.3. The van der Waals surface area contributed by atoms with E-state index >= 15 is 0 Å². The Morgan fingerprint density at radius 3 is 2.74 bits per heavy atom. The molecule has 1 aliphatic rings. The van der Waals surface area contributed by atoms with Gasteiger partial charge in [-0.1, -0.05) is 30.3 Å². The van der Waals surface area contributed by atoms with E-state index in [0.29, 0.717) is 12.5 Å². The quantitative estimate of drug-likeness (QED) is 0.805. The van der Waals surface area contributed by atoms with Crippen LogP contribution in [0.25, 0.3) is 11.0 Å². The summed E-state index contributed by atoms with van der Waals surface area (Å²) in [7, 11) is 0. The highest BCUT2D eigenvalue weighted by molar-refractivity contribution is 5.77.